The Morgan fingerprint density at radius 3 is 3.00 bits per heavy atom. The van der Waals surface area contributed by atoms with E-state index < -0.39 is 0 Å². The fraction of sp³-hybridized carbons (Fsp3) is 0.571. The van der Waals surface area contributed by atoms with E-state index in [1.807, 2.05) is 19.9 Å². The topological polar surface area (TPSA) is 75.2 Å². The van der Waals surface area contributed by atoms with Crippen molar-refractivity contribution in [3.8, 4) is 6.07 Å². The highest BCUT2D eigenvalue weighted by molar-refractivity contribution is 5.50. The molecule has 0 saturated carbocycles. The molecule has 5 nitrogen and oxygen atoms in total. The van der Waals surface area contributed by atoms with Gasteiger partial charge in [0, 0.05) is 13.1 Å². The van der Waals surface area contributed by atoms with Gasteiger partial charge in [0.15, 0.2) is 0 Å². The predicted molar refractivity (Wildman–Crippen MR) is 74.1 cm³/mol. The van der Waals surface area contributed by atoms with Crippen LogP contribution in [0.4, 0.5) is 5.82 Å². The van der Waals surface area contributed by atoms with Crippen molar-refractivity contribution in [2.45, 2.75) is 26.4 Å². The Morgan fingerprint density at radius 1 is 1.58 bits per heavy atom. The zero-order chi connectivity index (χ0) is 13.8. The zero-order valence-electron chi connectivity index (χ0n) is 11.5. The van der Waals surface area contributed by atoms with Crippen LogP contribution in [0.25, 0.3) is 0 Å². The molecular formula is C14H20N4O. The number of ether oxygens (including phenoxy) is 1. The molecule has 1 saturated heterocycles. The smallest absolute Gasteiger partial charge is 0.129 e. The quantitative estimate of drug-likeness (QED) is 0.881. The number of anilines is 1. The lowest BCUT2D eigenvalue weighted by Crippen LogP contribution is -2.43. The van der Waals surface area contributed by atoms with Crippen LogP contribution in [0.5, 0.6) is 0 Å². The van der Waals surface area contributed by atoms with Gasteiger partial charge in [0.1, 0.15) is 11.9 Å². The first-order valence-corrected chi connectivity index (χ1v) is 6.60. The number of hydrogen-bond acceptors (Lipinski definition) is 5. The standard InChI is InChI=1S/C14H20N4O/c1-10-7-14(17-11(2)13(10)8-16)18-5-6-19-12(9-18)3-4-15/h7,12H,3-6,9,15H2,1-2H3. The van der Waals surface area contributed by atoms with Crippen molar-refractivity contribution in [2.75, 3.05) is 31.1 Å². The van der Waals surface area contributed by atoms with Gasteiger partial charge in [0.25, 0.3) is 0 Å². The Hall–Kier alpha value is -1.64. The predicted octanol–water partition coefficient (Wildman–Crippen LogP) is 1.12. The summed E-state index contributed by atoms with van der Waals surface area (Å²) in [7, 11) is 0. The highest BCUT2D eigenvalue weighted by Crippen LogP contribution is 2.21. The van der Waals surface area contributed by atoms with E-state index in [1.54, 1.807) is 0 Å². The van der Waals surface area contributed by atoms with Crippen LogP contribution < -0.4 is 10.6 Å². The van der Waals surface area contributed by atoms with Gasteiger partial charge in [-0.2, -0.15) is 5.26 Å². The maximum Gasteiger partial charge on any atom is 0.129 e. The van der Waals surface area contributed by atoms with E-state index in [9.17, 15) is 0 Å². The molecule has 102 valence electrons. The number of nitriles is 1. The Balaban J connectivity index is 2.20. The molecule has 1 aromatic heterocycles. The van der Waals surface area contributed by atoms with E-state index in [-0.39, 0.29) is 6.10 Å². The second kappa shape index (κ2) is 6.00. The van der Waals surface area contributed by atoms with Gasteiger partial charge in [-0.15, -0.1) is 0 Å². The molecule has 2 N–H and O–H groups in total. The molecule has 0 spiro atoms. The summed E-state index contributed by atoms with van der Waals surface area (Å²) in [6.45, 7) is 6.82. The molecule has 0 aliphatic carbocycles. The second-order valence-corrected chi connectivity index (χ2v) is 4.89. The number of rotatable bonds is 3. The number of nitrogens with zero attached hydrogens (tertiary/aromatic N) is 3. The Kier molecular flexibility index (Phi) is 4.35. The highest BCUT2D eigenvalue weighted by atomic mass is 16.5. The van der Waals surface area contributed by atoms with Gasteiger partial charge in [0.2, 0.25) is 0 Å². The third-order valence-corrected chi connectivity index (χ3v) is 3.45. The fourth-order valence-corrected chi connectivity index (χ4v) is 2.43. The molecule has 2 heterocycles. The van der Waals surface area contributed by atoms with E-state index in [4.69, 9.17) is 15.7 Å². The lowest BCUT2D eigenvalue weighted by atomic mass is 10.1. The summed E-state index contributed by atoms with van der Waals surface area (Å²) in [6, 6.07) is 4.18. The van der Waals surface area contributed by atoms with Gasteiger partial charge >= 0.3 is 0 Å². The van der Waals surface area contributed by atoms with Crippen molar-refractivity contribution in [2.24, 2.45) is 5.73 Å². The molecule has 5 heteroatoms. The second-order valence-electron chi connectivity index (χ2n) is 4.89. The first kappa shape index (κ1) is 13.8. The van der Waals surface area contributed by atoms with Crippen molar-refractivity contribution in [3.05, 3.63) is 22.9 Å². The molecular weight excluding hydrogens is 240 g/mol. The van der Waals surface area contributed by atoms with Crippen LogP contribution in [0.2, 0.25) is 0 Å². The van der Waals surface area contributed by atoms with Gasteiger partial charge in [-0.1, -0.05) is 0 Å². The number of aromatic nitrogens is 1. The molecule has 1 atom stereocenters. The molecule has 0 amide bonds. The number of morpholine rings is 1. The summed E-state index contributed by atoms with van der Waals surface area (Å²) in [5.74, 6) is 0.930. The Morgan fingerprint density at radius 2 is 2.37 bits per heavy atom. The maximum absolute atomic E-state index is 9.08. The number of nitrogens with two attached hydrogens (primary N) is 1. The lowest BCUT2D eigenvalue weighted by molar-refractivity contribution is 0.0366. The zero-order valence-corrected chi connectivity index (χ0v) is 11.5. The largest absolute Gasteiger partial charge is 0.374 e. The van der Waals surface area contributed by atoms with Crippen molar-refractivity contribution in [1.29, 1.82) is 5.26 Å². The van der Waals surface area contributed by atoms with Crippen LogP contribution in [-0.2, 0) is 4.74 Å². The Labute approximate surface area is 114 Å². The third kappa shape index (κ3) is 3.03. The minimum atomic E-state index is 0.178. The van der Waals surface area contributed by atoms with Crippen LogP contribution in [-0.4, -0.2) is 37.3 Å². The number of hydrogen-bond donors (Lipinski definition) is 1. The van der Waals surface area contributed by atoms with Crippen LogP contribution >= 0.6 is 0 Å². The summed E-state index contributed by atoms with van der Waals surface area (Å²) in [4.78, 5) is 6.75. The van der Waals surface area contributed by atoms with Crippen LogP contribution in [0.3, 0.4) is 0 Å². The van der Waals surface area contributed by atoms with Gasteiger partial charge in [-0.25, -0.2) is 4.98 Å². The van der Waals surface area contributed by atoms with Crippen molar-refractivity contribution in [3.63, 3.8) is 0 Å². The molecule has 0 aromatic carbocycles. The van der Waals surface area contributed by atoms with E-state index in [1.165, 1.54) is 0 Å². The fourth-order valence-electron chi connectivity index (χ4n) is 2.43. The average Bonchev–Trinajstić information content (AvgIpc) is 2.39. The summed E-state index contributed by atoms with van der Waals surface area (Å²) < 4.78 is 5.67. The third-order valence-electron chi connectivity index (χ3n) is 3.45. The molecule has 0 bridgehead atoms. The van der Waals surface area contributed by atoms with E-state index in [0.717, 1.165) is 36.6 Å². The van der Waals surface area contributed by atoms with Gasteiger partial charge in [-0.05, 0) is 38.4 Å². The summed E-state index contributed by atoms with van der Waals surface area (Å²) in [5.41, 5.74) is 8.03. The molecule has 0 radical (unpaired) electrons. The SMILES string of the molecule is Cc1cc(N2CCOC(CCN)C2)nc(C)c1C#N. The summed E-state index contributed by atoms with van der Waals surface area (Å²) in [5, 5.41) is 9.08. The van der Waals surface area contributed by atoms with E-state index in [0.29, 0.717) is 18.7 Å². The monoisotopic (exact) mass is 260 g/mol. The number of pyridine rings is 1. The average molecular weight is 260 g/mol. The maximum atomic E-state index is 9.08. The lowest BCUT2D eigenvalue weighted by Gasteiger charge is -2.34. The molecule has 19 heavy (non-hydrogen) atoms. The Bertz CT molecular complexity index is 470. The first-order chi connectivity index (χ1) is 9.15. The molecule has 1 aliphatic heterocycles. The van der Waals surface area contributed by atoms with Gasteiger partial charge < -0.3 is 15.4 Å². The van der Waals surface area contributed by atoms with Crippen LogP contribution in [0.15, 0.2) is 6.07 Å². The highest BCUT2D eigenvalue weighted by Gasteiger charge is 2.21. The van der Waals surface area contributed by atoms with Crippen LogP contribution in [0, 0.1) is 25.2 Å². The summed E-state index contributed by atoms with van der Waals surface area (Å²) in [6.07, 6.45) is 1.04. The first-order valence-electron chi connectivity index (χ1n) is 6.60. The molecule has 1 aromatic rings. The van der Waals surface area contributed by atoms with E-state index in [2.05, 4.69) is 16.0 Å². The summed E-state index contributed by atoms with van der Waals surface area (Å²) >= 11 is 0. The molecule has 1 unspecified atom stereocenters. The molecule has 1 fully saturated rings. The normalized spacial score (nSPS) is 19.3. The van der Waals surface area contributed by atoms with Gasteiger partial charge in [0.05, 0.1) is 24.0 Å². The van der Waals surface area contributed by atoms with Crippen molar-refractivity contribution < 1.29 is 4.74 Å². The van der Waals surface area contributed by atoms with Gasteiger partial charge in [-0.3, -0.25) is 0 Å². The molecule has 1 aliphatic rings. The van der Waals surface area contributed by atoms with Crippen molar-refractivity contribution >= 4 is 5.82 Å². The van der Waals surface area contributed by atoms with Crippen molar-refractivity contribution in [1.82, 2.24) is 4.98 Å². The van der Waals surface area contributed by atoms with E-state index >= 15 is 0 Å². The van der Waals surface area contributed by atoms with Crippen LogP contribution in [0.1, 0.15) is 23.2 Å². The number of aryl methyl sites for hydroxylation is 2. The minimum Gasteiger partial charge on any atom is -0.374 e. The molecule has 2 rings (SSSR count). The minimum absolute atomic E-state index is 0.178.